The lowest BCUT2D eigenvalue weighted by atomic mass is 10.6. The Kier molecular flexibility index (Phi) is 5.37. The fourth-order valence-electron chi connectivity index (χ4n) is 0.504. The minimum absolute atomic E-state index is 0.769. The summed E-state index contributed by atoms with van der Waals surface area (Å²) >= 11 is 0. The van der Waals surface area contributed by atoms with Gasteiger partial charge in [0.1, 0.15) is 0 Å². The largest absolute Gasteiger partial charge is 0.403 e. The molecule has 0 aliphatic heterocycles. The summed E-state index contributed by atoms with van der Waals surface area (Å²) in [6.45, 7) is 4.87. The van der Waals surface area contributed by atoms with E-state index in [1.165, 1.54) is 0 Å². The maximum absolute atomic E-state index is 5.57. The first-order valence-corrected chi connectivity index (χ1v) is 4.74. The van der Waals surface area contributed by atoms with Crippen LogP contribution in [0.1, 0.15) is 20.3 Å². The first kappa shape index (κ1) is 8.14. The molecule has 0 saturated heterocycles. The van der Waals surface area contributed by atoms with Gasteiger partial charge in [0.2, 0.25) is 0 Å². The molecule has 0 aromatic carbocycles. The molecule has 0 unspecified atom stereocenters. The molecule has 0 amide bonds. The standard InChI is InChI=1S/C5H14NOSi/c1-3-5-8(6)7-4-2/h3-6H2,1-2H3. The van der Waals surface area contributed by atoms with Gasteiger partial charge in [-0.3, -0.25) is 0 Å². The molecular weight excluding hydrogens is 118 g/mol. The van der Waals surface area contributed by atoms with Crippen LogP contribution in [0.2, 0.25) is 6.04 Å². The molecule has 0 heterocycles. The van der Waals surface area contributed by atoms with Crippen LogP contribution in [0, 0.1) is 0 Å². The summed E-state index contributed by atoms with van der Waals surface area (Å²) in [5, 5.41) is 5.57. The Bertz CT molecular complexity index is 45.7. The van der Waals surface area contributed by atoms with Crippen LogP contribution in [0.25, 0.3) is 0 Å². The molecule has 0 aromatic heterocycles. The summed E-state index contributed by atoms with van der Waals surface area (Å²) < 4.78 is 5.16. The average molecular weight is 132 g/mol. The van der Waals surface area contributed by atoms with Crippen LogP contribution in [0.15, 0.2) is 0 Å². The molecule has 0 fully saturated rings. The van der Waals surface area contributed by atoms with Gasteiger partial charge < -0.3 is 9.83 Å². The van der Waals surface area contributed by atoms with Crippen molar-refractivity contribution in [3.8, 4) is 0 Å². The van der Waals surface area contributed by atoms with E-state index < -0.39 is 9.20 Å². The van der Waals surface area contributed by atoms with E-state index in [2.05, 4.69) is 6.92 Å². The zero-order chi connectivity index (χ0) is 6.41. The summed E-state index contributed by atoms with van der Waals surface area (Å²) in [5.74, 6) is 0. The summed E-state index contributed by atoms with van der Waals surface area (Å²) in [5.41, 5.74) is 0. The van der Waals surface area contributed by atoms with Crippen LogP contribution in [0.3, 0.4) is 0 Å². The minimum atomic E-state index is -0.891. The van der Waals surface area contributed by atoms with Crippen molar-refractivity contribution in [1.29, 1.82) is 0 Å². The molecule has 0 saturated carbocycles. The summed E-state index contributed by atoms with van der Waals surface area (Å²) in [6.07, 6.45) is 1.14. The van der Waals surface area contributed by atoms with Gasteiger partial charge in [-0.2, -0.15) is 0 Å². The van der Waals surface area contributed by atoms with Gasteiger partial charge in [0, 0.05) is 6.61 Å². The SMILES string of the molecule is CCC[Si](N)OCC. The molecule has 8 heavy (non-hydrogen) atoms. The van der Waals surface area contributed by atoms with E-state index in [-0.39, 0.29) is 0 Å². The van der Waals surface area contributed by atoms with Gasteiger partial charge >= 0.3 is 0 Å². The Morgan fingerprint density at radius 2 is 2.12 bits per heavy atom. The lowest BCUT2D eigenvalue weighted by Gasteiger charge is -2.04. The Hall–Kier alpha value is 0.137. The Morgan fingerprint density at radius 1 is 1.50 bits per heavy atom. The van der Waals surface area contributed by atoms with E-state index in [1.54, 1.807) is 0 Å². The second-order valence-electron chi connectivity index (χ2n) is 1.65. The Labute approximate surface area is 52.8 Å². The highest BCUT2D eigenvalue weighted by Gasteiger charge is 2.02. The zero-order valence-corrected chi connectivity index (χ0v) is 6.61. The molecule has 0 spiro atoms. The molecule has 49 valence electrons. The van der Waals surface area contributed by atoms with Crippen LogP contribution in [-0.4, -0.2) is 15.8 Å². The van der Waals surface area contributed by atoms with Crippen molar-refractivity contribution in [2.75, 3.05) is 6.61 Å². The molecule has 3 heteroatoms. The Balaban J connectivity index is 2.92. The molecule has 0 bridgehead atoms. The topological polar surface area (TPSA) is 35.2 Å². The Morgan fingerprint density at radius 3 is 2.50 bits per heavy atom. The summed E-state index contributed by atoms with van der Waals surface area (Å²) in [6, 6.07) is 1.07. The molecule has 0 aliphatic carbocycles. The maximum atomic E-state index is 5.57. The highest BCUT2D eigenvalue weighted by atomic mass is 28.3. The lowest BCUT2D eigenvalue weighted by molar-refractivity contribution is 0.342. The lowest BCUT2D eigenvalue weighted by Crippen LogP contribution is -2.29. The summed E-state index contributed by atoms with van der Waals surface area (Å²) in [7, 11) is -0.891. The predicted octanol–water partition coefficient (Wildman–Crippen LogP) is 0.880. The summed E-state index contributed by atoms with van der Waals surface area (Å²) in [4.78, 5) is 0. The molecule has 0 atom stereocenters. The normalized spacial score (nSPS) is 10.5. The molecule has 2 nitrogen and oxygen atoms in total. The number of rotatable bonds is 4. The highest BCUT2D eigenvalue weighted by molar-refractivity contribution is 6.47. The quantitative estimate of drug-likeness (QED) is 0.576. The van der Waals surface area contributed by atoms with Gasteiger partial charge in [0.25, 0.3) is 9.20 Å². The van der Waals surface area contributed by atoms with E-state index in [9.17, 15) is 0 Å². The monoisotopic (exact) mass is 132 g/mol. The fraction of sp³-hybridized carbons (Fsp3) is 1.00. The third-order valence-electron chi connectivity index (χ3n) is 0.826. The highest BCUT2D eigenvalue weighted by Crippen LogP contribution is 1.91. The van der Waals surface area contributed by atoms with E-state index in [0.29, 0.717) is 0 Å². The van der Waals surface area contributed by atoms with Crippen molar-refractivity contribution in [1.82, 2.24) is 0 Å². The van der Waals surface area contributed by atoms with Crippen LogP contribution in [-0.2, 0) is 4.43 Å². The van der Waals surface area contributed by atoms with E-state index in [0.717, 1.165) is 19.1 Å². The van der Waals surface area contributed by atoms with Crippen LogP contribution >= 0.6 is 0 Å². The van der Waals surface area contributed by atoms with Crippen molar-refractivity contribution < 1.29 is 4.43 Å². The third kappa shape index (κ3) is 4.30. The van der Waals surface area contributed by atoms with Crippen molar-refractivity contribution >= 4 is 9.20 Å². The van der Waals surface area contributed by atoms with Gasteiger partial charge in [-0.1, -0.05) is 13.3 Å². The maximum Gasteiger partial charge on any atom is 0.299 e. The van der Waals surface area contributed by atoms with Crippen molar-refractivity contribution in [2.45, 2.75) is 26.3 Å². The third-order valence-corrected chi connectivity index (χ3v) is 2.48. The van der Waals surface area contributed by atoms with E-state index >= 15 is 0 Å². The zero-order valence-electron chi connectivity index (χ0n) is 5.61. The molecule has 2 N–H and O–H groups in total. The number of hydrogen-bond acceptors (Lipinski definition) is 2. The van der Waals surface area contributed by atoms with Gasteiger partial charge in [0.05, 0.1) is 0 Å². The van der Waals surface area contributed by atoms with Gasteiger partial charge in [-0.05, 0) is 13.0 Å². The molecular formula is C5H14NOSi. The van der Waals surface area contributed by atoms with Gasteiger partial charge in [0.15, 0.2) is 0 Å². The molecule has 0 aromatic rings. The van der Waals surface area contributed by atoms with E-state index in [1.807, 2.05) is 6.92 Å². The van der Waals surface area contributed by atoms with Crippen molar-refractivity contribution in [3.63, 3.8) is 0 Å². The number of hydrogen-bond donors (Lipinski definition) is 1. The smallest absolute Gasteiger partial charge is 0.299 e. The minimum Gasteiger partial charge on any atom is -0.403 e. The fourth-order valence-corrected chi connectivity index (χ4v) is 1.51. The van der Waals surface area contributed by atoms with Gasteiger partial charge in [-0.15, -0.1) is 0 Å². The second kappa shape index (κ2) is 5.28. The number of nitrogens with two attached hydrogens (primary N) is 1. The first-order valence-electron chi connectivity index (χ1n) is 3.05. The van der Waals surface area contributed by atoms with Crippen molar-refractivity contribution in [3.05, 3.63) is 0 Å². The first-order chi connectivity index (χ1) is 3.81. The van der Waals surface area contributed by atoms with Crippen LogP contribution in [0.5, 0.6) is 0 Å². The van der Waals surface area contributed by atoms with Crippen LogP contribution in [0.4, 0.5) is 0 Å². The second-order valence-corrected chi connectivity index (χ2v) is 3.37. The predicted molar refractivity (Wildman–Crippen MR) is 36.7 cm³/mol. The molecule has 1 radical (unpaired) electrons. The molecule has 0 rings (SSSR count). The van der Waals surface area contributed by atoms with E-state index in [4.69, 9.17) is 9.83 Å². The van der Waals surface area contributed by atoms with Gasteiger partial charge in [-0.25, -0.2) is 0 Å². The average Bonchev–Trinajstić information content (AvgIpc) is 1.68. The van der Waals surface area contributed by atoms with Crippen molar-refractivity contribution in [2.24, 2.45) is 5.40 Å². The van der Waals surface area contributed by atoms with Crippen LogP contribution < -0.4 is 5.40 Å². The molecule has 0 aliphatic rings.